The molecule has 2 aromatic heterocycles. The van der Waals surface area contributed by atoms with Gasteiger partial charge in [0.2, 0.25) is 0 Å². The van der Waals surface area contributed by atoms with E-state index in [0.29, 0.717) is 24.5 Å². The van der Waals surface area contributed by atoms with Gasteiger partial charge in [-0.05, 0) is 59.7 Å². The zero-order valence-electron chi connectivity index (χ0n) is 18.0. The molecule has 0 bridgehead atoms. The minimum atomic E-state index is -0.330. The zero-order valence-corrected chi connectivity index (χ0v) is 18.0. The zero-order chi connectivity index (χ0) is 23.8. The summed E-state index contributed by atoms with van der Waals surface area (Å²) in [5, 5.41) is 11.0. The Kier molecular flexibility index (Phi) is 7.04. The van der Waals surface area contributed by atoms with E-state index >= 15 is 0 Å². The largest absolute Gasteiger partial charge is 0.459 e. The predicted molar refractivity (Wildman–Crippen MR) is 125 cm³/mol. The smallest absolute Gasteiger partial charge is 0.315 e. The third-order valence-electron chi connectivity index (χ3n) is 4.82. The number of anilines is 2. The minimum absolute atomic E-state index is 0.232. The highest BCUT2D eigenvalue weighted by atomic mass is 16.3. The Balaban J connectivity index is 1.18. The second-order valence-corrected chi connectivity index (χ2v) is 7.29. The molecule has 0 aliphatic heterocycles. The van der Waals surface area contributed by atoms with Crippen LogP contribution in [0, 0.1) is 0 Å². The van der Waals surface area contributed by atoms with Gasteiger partial charge in [-0.25, -0.2) is 4.79 Å². The average Bonchev–Trinajstić information content (AvgIpc) is 3.58. The molecule has 2 aromatic carbocycles. The van der Waals surface area contributed by atoms with Crippen molar-refractivity contribution in [3.8, 4) is 0 Å². The normalized spacial score (nSPS) is 10.4. The molecular formula is C25H22N4O5. The molecule has 9 heteroatoms. The van der Waals surface area contributed by atoms with Crippen molar-refractivity contribution in [1.29, 1.82) is 0 Å². The van der Waals surface area contributed by atoms with Crippen LogP contribution in [0.2, 0.25) is 0 Å². The molecule has 0 spiro atoms. The Morgan fingerprint density at radius 3 is 1.35 bits per heavy atom. The van der Waals surface area contributed by atoms with E-state index in [2.05, 4.69) is 21.3 Å². The summed E-state index contributed by atoms with van der Waals surface area (Å²) in [4.78, 5) is 36.1. The van der Waals surface area contributed by atoms with Crippen molar-refractivity contribution >= 4 is 29.2 Å². The van der Waals surface area contributed by atoms with Gasteiger partial charge in [0.05, 0.1) is 12.5 Å². The Morgan fingerprint density at radius 1 is 0.588 bits per heavy atom. The third kappa shape index (κ3) is 6.13. The van der Waals surface area contributed by atoms with Crippen molar-refractivity contribution < 1.29 is 23.2 Å². The van der Waals surface area contributed by atoms with Crippen LogP contribution in [0.4, 0.5) is 16.2 Å². The SMILES string of the molecule is O=C(NCc1ccc(NC(=O)c2ccco2)cc1)NCc1ccc(NC(=O)c2ccco2)cc1. The van der Waals surface area contributed by atoms with Gasteiger partial charge in [0.15, 0.2) is 11.5 Å². The lowest BCUT2D eigenvalue weighted by Crippen LogP contribution is -2.34. The molecule has 0 saturated carbocycles. The van der Waals surface area contributed by atoms with E-state index in [4.69, 9.17) is 8.83 Å². The van der Waals surface area contributed by atoms with Crippen molar-refractivity contribution in [2.45, 2.75) is 13.1 Å². The van der Waals surface area contributed by atoms with Crippen molar-refractivity contribution in [2.24, 2.45) is 0 Å². The van der Waals surface area contributed by atoms with Crippen molar-refractivity contribution in [1.82, 2.24) is 10.6 Å². The Morgan fingerprint density at radius 2 is 1.00 bits per heavy atom. The van der Waals surface area contributed by atoms with Gasteiger partial charge >= 0.3 is 6.03 Å². The molecule has 9 nitrogen and oxygen atoms in total. The lowest BCUT2D eigenvalue weighted by atomic mass is 10.2. The predicted octanol–water partition coefficient (Wildman–Crippen LogP) is 4.38. The first-order chi connectivity index (χ1) is 16.6. The number of furan rings is 2. The summed E-state index contributed by atoms with van der Waals surface area (Å²) >= 11 is 0. The molecule has 0 fully saturated rings. The summed E-state index contributed by atoms with van der Waals surface area (Å²) in [6.07, 6.45) is 2.88. The number of carbonyl (C=O) groups excluding carboxylic acids is 3. The summed E-state index contributed by atoms with van der Waals surface area (Å²) in [5.41, 5.74) is 3.00. The van der Waals surface area contributed by atoms with Crippen LogP contribution in [-0.4, -0.2) is 17.8 Å². The number of rotatable bonds is 8. The third-order valence-corrected chi connectivity index (χ3v) is 4.82. The van der Waals surface area contributed by atoms with Crippen molar-refractivity contribution in [2.75, 3.05) is 10.6 Å². The molecular weight excluding hydrogens is 436 g/mol. The van der Waals surface area contributed by atoms with Crippen LogP contribution >= 0.6 is 0 Å². The fraction of sp³-hybridized carbons (Fsp3) is 0.0800. The number of amides is 4. The number of nitrogens with one attached hydrogen (secondary N) is 4. The van der Waals surface area contributed by atoms with Gasteiger partial charge in [-0.2, -0.15) is 0 Å². The van der Waals surface area contributed by atoms with Gasteiger partial charge in [-0.1, -0.05) is 24.3 Å². The molecule has 0 aliphatic rings. The molecule has 0 aliphatic carbocycles. The van der Waals surface area contributed by atoms with Gasteiger partial charge in [0.1, 0.15) is 0 Å². The molecule has 0 unspecified atom stereocenters. The van der Waals surface area contributed by atoms with Gasteiger partial charge in [-0.3, -0.25) is 9.59 Å². The lowest BCUT2D eigenvalue weighted by Gasteiger charge is -2.09. The van der Waals surface area contributed by atoms with E-state index in [0.717, 1.165) is 11.1 Å². The van der Waals surface area contributed by atoms with Gasteiger partial charge in [0, 0.05) is 24.5 Å². The second-order valence-electron chi connectivity index (χ2n) is 7.29. The first kappa shape index (κ1) is 22.4. The fourth-order valence-electron chi connectivity index (χ4n) is 3.04. The van der Waals surface area contributed by atoms with Crippen LogP contribution < -0.4 is 21.3 Å². The van der Waals surface area contributed by atoms with Gasteiger partial charge in [0.25, 0.3) is 11.8 Å². The van der Waals surface area contributed by atoms with Crippen LogP contribution in [0.25, 0.3) is 0 Å². The minimum Gasteiger partial charge on any atom is -0.459 e. The van der Waals surface area contributed by atoms with E-state index in [9.17, 15) is 14.4 Å². The molecule has 0 atom stereocenters. The second kappa shape index (κ2) is 10.7. The summed E-state index contributed by atoms with van der Waals surface area (Å²) < 4.78 is 10.1. The molecule has 4 N–H and O–H groups in total. The first-order valence-electron chi connectivity index (χ1n) is 10.5. The maximum Gasteiger partial charge on any atom is 0.315 e. The number of urea groups is 1. The quantitative estimate of drug-likeness (QED) is 0.312. The van der Waals surface area contributed by atoms with Crippen molar-refractivity contribution in [3.05, 3.63) is 108 Å². The maximum atomic E-state index is 12.1. The highest BCUT2D eigenvalue weighted by Crippen LogP contribution is 2.13. The van der Waals surface area contributed by atoms with Crippen LogP contribution in [0.5, 0.6) is 0 Å². The highest BCUT2D eigenvalue weighted by molar-refractivity contribution is 6.02. The summed E-state index contributed by atoms with van der Waals surface area (Å²) in [6.45, 7) is 0.659. The van der Waals surface area contributed by atoms with E-state index in [-0.39, 0.29) is 29.4 Å². The van der Waals surface area contributed by atoms with Crippen molar-refractivity contribution in [3.63, 3.8) is 0 Å². The maximum absolute atomic E-state index is 12.1. The van der Waals surface area contributed by atoms with Crippen LogP contribution in [0.1, 0.15) is 32.2 Å². The average molecular weight is 458 g/mol. The highest BCUT2D eigenvalue weighted by Gasteiger charge is 2.10. The number of hydrogen-bond donors (Lipinski definition) is 4. The van der Waals surface area contributed by atoms with E-state index in [1.54, 1.807) is 48.5 Å². The summed E-state index contributed by atoms with van der Waals surface area (Å²) in [6, 6.07) is 20.4. The standard InChI is InChI=1S/C25H22N4O5/c30-23(21-3-1-13-33-21)28-19-9-5-17(6-10-19)15-26-25(32)27-16-18-7-11-20(12-8-18)29-24(31)22-4-2-14-34-22/h1-14H,15-16H2,(H,28,30)(H,29,31)(H2,26,27,32). The lowest BCUT2D eigenvalue weighted by molar-refractivity contribution is 0.0989. The van der Waals surface area contributed by atoms with Gasteiger partial charge < -0.3 is 30.1 Å². The first-order valence-corrected chi connectivity index (χ1v) is 10.5. The molecule has 0 saturated heterocycles. The molecule has 2 heterocycles. The van der Waals surface area contributed by atoms with Crippen LogP contribution in [0.3, 0.4) is 0 Å². The van der Waals surface area contributed by atoms with E-state index < -0.39 is 0 Å². The Bertz CT molecular complexity index is 1130. The van der Waals surface area contributed by atoms with E-state index in [1.165, 1.54) is 12.5 Å². The van der Waals surface area contributed by atoms with Gasteiger partial charge in [-0.15, -0.1) is 0 Å². The molecule has 34 heavy (non-hydrogen) atoms. The molecule has 4 rings (SSSR count). The monoisotopic (exact) mass is 458 g/mol. The van der Waals surface area contributed by atoms with Crippen LogP contribution in [0.15, 0.2) is 94.2 Å². The summed E-state index contributed by atoms with van der Waals surface area (Å²) in [7, 11) is 0. The molecule has 0 radical (unpaired) electrons. The Hall–Kier alpha value is -4.79. The Labute approximate surface area is 195 Å². The number of hydrogen-bond acceptors (Lipinski definition) is 5. The number of carbonyl (C=O) groups is 3. The van der Waals surface area contributed by atoms with Crippen LogP contribution in [-0.2, 0) is 13.1 Å². The molecule has 4 aromatic rings. The summed E-state index contributed by atoms with van der Waals surface area (Å²) in [5.74, 6) is -0.197. The number of benzene rings is 2. The molecule has 4 amide bonds. The topological polar surface area (TPSA) is 126 Å². The van der Waals surface area contributed by atoms with E-state index in [1.807, 2.05) is 24.3 Å². The fourth-order valence-corrected chi connectivity index (χ4v) is 3.04. The molecule has 172 valence electrons.